The fourth-order valence-electron chi connectivity index (χ4n) is 3.39. The Morgan fingerprint density at radius 3 is 2.86 bits per heavy atom. The molecule has 1 N–H and O–H groups in total. The molecule has 0 fully saturated rings. The summed E-state index contributed by atoms with van der Waals surface area (Å²) >= 11 is 4.32. The average molecular weight is 437 g/mol. The molecule has 1 aliphatic carbocycles. The fraction of sp³-hybridized carbons (Fsp3) is 0.238. The third-order valence-electron chi connectivity index (χ3n) is 4.64. The number of thioether (sulfide) groups is 1. The lowest BCUT2D eigenvalue weighted by Crippen LogP contribution is -2.14. The molecule has 3 aromatic rings. The molecule has 29 heavy (non-hydrogen) atoms. The molecular formula is C21H16N4OS3. The predicted molar refractivity (Wildman–Crippen MR) is 117 cm³/mol. The van der Waals surface area contributed by atoms with Gasteiger partial charge in [0.2, 0.25) is 5.91 Å². The van der Waals surface area contributed by atoms with Crippen LogP contribution in [0.25, 0.3) is 10.4 Å². The van der Waals surface area contributed by atoms with Crippen molar-refractivity contribution in [3.05, 3.63) is 50.8 Å². The van der Waals surface area contributed by atoms with E-state index < -0.39 is 0 Å². The summed E-state index contributed by atoms with van der Waals surface area (Å²) < 4.78 is 0. The quantitative estimate of drug-likeness (QED) is 0.559. The number of nitrogens with one attached hydrogen (secondary N) is 1. The van der Waals surface area contributed by atoms with Crippen LogP contribution in [0.3, 0.4) is 0 Å². The maximum Gasteiger partial charge on any atom is 0.235 e. The van der Waals surface area contributed by atoms with E-state index >= 15 is 0 Å². The molecule has 3 heterocycles. The second-order valence-corrected chi connectivity index (χ2v) is 9.61. The summed E-state index contributed by atoms with van der Waals surface area (Å²) in [5, 5.41) is 25.2. The van der Waals surface area contributed by atoms with Crippen LogP contribution in [0.2, 0.25) is 0 Å². The Hall–Kier alpha value is -2.65. The van der Waals surface area contributed by atoms with Gasteiger partial charge >= 0.3 is 0 Å². The Balaban J connectivity index is 1.52. The summed E-state index contributed by atoms with van der Waals surface area (Å²) in [7, 11) is 0. The van der Waals surface area contributed by atoms with E-state index in [0.29, 0.717) is 21.2 Å². The second-order valence-electron chi connectivity index (χ2n) is 6.59. The molecule has 1 amide bonds. The van der Waals surface area contributed by atoms with Crippen LogP contribution in [-0.2, 0) is 17.6 Å². The maximum atomic E-state index is 12.5. The number of fused-ring (bicyclic) bond motifs is 1. The molecule has 0 saturated carbocycles. The molecule has 8 heteroatoms. The number of pyridine rings is 1. The van der Waals surface area contributed by atoms with Crippen LogP contribution in [0.5, 0.6) is 0 Å². The molecule has 0 saturated heterocycles. The van der Waals surface area contributed by atoms with Crippen molar-refractivity contribution >= 4 is 45.3 Å². The van der Waals surface area contributed by atoms with E-state index in [4.69, 9.17) is 0 Å². The van der Waals surface area contributed by atoms with Gasteiger partial charge in [0.25, 0.3) is 0 Å². The lowest BCUT2D eigenvalue weighted by atomic mass is 10.1. The first-order chi connectivity index (χ1) is 14.1. The molecule has 0 bridgehead atoms. The van der Waals surface area contributed by atoms with Gasteiger partial charge in [-0.3, -0.25) is 4.79 Å². The minimum atomic E-state index is -0.198. The molecular weight excluding hydrogens is 420 g/mol. The number of carbonyl (C=O) groups is 1. The van der Waals surface area contributed by atoms with Crippen molar-refractivity contribution in [2.75, 3.05) is 11.1 Å². The van der Waals surface area contributed by atoms with Crippen molar-refractivity contribution in [1.82, 2.24) is 4.98 Å². The van der Waals surface area contributed by atoms with Crippen molar-refractivity contribution in [2.24, 2.45) is 0 Å². The molecule has 0 aliphatic heterocycles. The molecule has 0 unspecified atom stereocenters. The fourth-order valence-corrected chi connectivity index (χ4v) is 6.24. The van der Waals surface area contributed by atoms with Crippen LogP contribution >= 0.6 is 34.4 Å². The molecule has 0 spiro atoms. The third kappa shape index (κ3) is 3.92. The van der Waals surface area contributed by atoms with E-state index in [1.54, 1.807) is 11.3 Å². The third-order valence-corrected chi connectivity index (χ3v) is 7.72. The number of amides is 1. The summed E-state index contributed by atoms with van der Waals surface area (Å²) in [5.41, 5.74) is 3.83. The first-order valence-electron chi connectivity index (χ1n) is 9.03. The topological polar surface area (TPSA) is 89.6 Å². The number of aromatic nitrogens is 1. The predicted octanol–water partition coefficient (Wildman–Crippen LogP) is 5.14. The molecule has 4 rings (SSSR count). The van der Waals surface area contributed by atoms with Crippen LogP contribution in [0.1, 0.15) is 33.7 Å². The highest BCUT2D eigenvalue weighted by Gasteiger charge is 2.23. The number of thiophene rings is 2. The van der Waals surface area contributed by atoms with Gasteiger partial charge < -0.3 is 5.32 Å². The second kappa shape index (κ2) is 8.38. The van der Waals surface area contributed by atoms with Crippen LogP contribution in [0.4, 0.5) is 5.00 Å². The smallest absolute Gasteiger partial charge is 0.235 e. The Bertz CT molecular complexity index is 1170. The van der Waals surface area contributed by atoms with E-state index in [-0.39, 0.29) is 11.7 Å². The van der Waals surface area contributed by atoms with Gasteiger partial charge in [-0.1, -0.05) is 17.8 Å². The number of nitrogens with zero attached hydrogens (tertiary/aromatic N) is 3. The van der Waals surface area contributed by atoms with Gasteiger partial charge in [0.15, 0.2) is 0 Å². The summed E-state index contributed by atoms with van der Waals surface area (Å²) in [5.74, 6) is -0.0704. The van der Waals surface area contributed by atoms with Crippen LogP contribution in [0.15, 0.2) is 28.6 Å². The van der Waals surface area contributed by atoms with Gasteiger partial charge in [-0.15, -0.1) is 22.7 Å². The first kappa shape index (κ1) is 19.7. The summed E-state index contributed by atoms with van der Waals surface area (Å²) in [4.78, 5) is 19.2. The van der Waals surface area contributed by atoms with E-state index in [1.165, 1.54) is 28.0 Å². The molecule has 144 valence electrons. The molecule has 5 nitrogen and oxygen atoms in total. The van der Waals surface area contributed by atoms with Crippen molar-refractivity contribution < 1.29 is 4.79 Å². The minimum Gasteiger partial charge on any atom is -0.316 e. The molecule has 0 aromatic carbocycles. The van der Waals surface area contributed by atoms with Crippen molar-refractivity contribution in [3.8, 4) is 22.6 Å². The lowest BCUT2D eigenvalue weighted by molar-refractivity contribution is -0.113. The van der Waals surface area contributed by atoms with E-state index in [2.05, 4.69) is 22.4 Å². The number of rotatable bonds is 5. The van der Waals surface area contributed by atoms with E-state index in [9.17, 15) is 15.3 Å². The highest BCUT2D eigenvalue weighted by Crippen LogP contribution is 2.39. The lowest BCUT2D eigenvalue weighted by Gasteiger charge is -2.09. The van der Waals surface area contributed by atoms with Gasteiger partial charge in [0, 0.05) is 21.0 Å². The highest BCUT2D eigenvalue weighted by atomic mass is 32.2. The molecule has 1 aliphatic rings. The van der Waals surface area contributed by atoms with Crippen LogP contribution < -0.4 is 5.32 Å². The Labute approximate surface area is 181 Å². The van der Waals surface area contributed by atoms with Crippen LogP contribution in [0, 0.1) is 29.6 Å². The Morgan fingerprint density at radius 1 is 1.31 bits per heavy atom. The SMILES string of the molecule is Cc1cc(-c2cccs2)c(C#N)c(SCC(=O)Nc2sc3c(c2C#N)CCC3)n1. The van der Waals surface area contributed by atoms with Gasteiger partial charge in [-0.25, -0.2) is 4.98 Å². The first-order valence-corrected chi connectivity index (χ1v) is 11.7. The Morgan fingerprint density at radius 2 is 2.14 bits per heavy atom. The largest absolute Gasteiger partial charge is 0.316 e. The number of aryl methyl sites for hydroxylation is 2. The van der Waals surface area contributed by atoms with Crippen LogP contribution in [-0.4, -0.2) is 16.6 Å². The molecule has 0 atom stereocenters. The normalized spacial score (nSPS) is 12.2. The Kier molecular flexibility index (Phi) is 5.68. The minimum absolute atomic E-state index is 0.127. The van der Waals surface area contributed by atoms with Gasteiger partial charge in [0.1, 0.15) is 22.2 Å². The van der Waals surface area contributed by atoms with Gasteiger partial charge in [0.05, 0.1) is 16.9 Å². The zero-order valence-electron chi connectivity index (χ0n) is 15.6. The number of hydrogen-bond donors (Lipinski definition) is 1. The summed E-state index contributed by atoms with van der Waals surface area (Å²) in [6.07, 6.45) is 2.95. The van der Waals surface area contributed by atoms with E-state index in [1.807, 2.05) is 30.5 Å². The number of hydrogen-bond acceptors (Lipinski definition) is 7. The molecule has 3 aromatic heterocycles. The van der Waals surface area contributed by atoms with Crippen molar-refractivity contribution in [2.45, 2.75) is 31.2 Å². The van der Waals surface area contributed by atoms with Gasteiger partial charge in [-0.2, -0.15) is 10.5 Å². The number of carbonyl (C=O) groups excluding carboxylic acids is 1. The number of nitriles is 2. The molecule has 0 radical (unpaired) electrons. The van der Waals surface area contributed by atoms with Gasteiger partial charge in [-0.05, 0) is 49.3 Å². The monoisotopic (exact) mass is 436 g/mol. The van der Waals surface area contributed by atoms with Crippen molar-refractivity contribution in [3.63, 3.8) is 0 Å². The maximum absolute atomic E-state index is 12.5. The zero-order chi connectivity index (χ0) is 20.4. The number of anilines is 1. The summed E-state index contributed by atoms with van der Waals surface area (Å²) in [6.45, 7) is 1.88. The standard InChI is InChI=1S/C21H16N4OS3/c1-12-8-14(17-6-3-7-27-17)16(10-23)20(24-12)28-11-19(26)25-21-15(9-22)13-4-2-5-18(13)29-21/h3,6-8H,2,4-5,11H2,1H3,(H,25,26). The van der Waals surface area contributed by atoms with Crippen molar-refractivity contribution in [1.29, 1.82) is 10.5 Å². The zero-order valence-corrected chi connectivity index (χ0v) is 18.1. The highest BCUT2D eigenvalue weighted by molar-refractivity contribution is 8.00. The van der Waals surface area contributed by atoms with E-state index in [0.717, 1.165) is 41.0 Å². The summed E-state index contributed by atoms with van der Waals surface area (Å²) in [6, 6.07) is 10.3. The average Bonchev–Trinajstić information content (AvgIpc) is 3.43.